The molecule has 5 nitrogen and oxygen atoms in total. The normalized spacial score (nSPS) is 11.9. The lowest BCUT2D eigenvalue weighted by Crippen LogP contribution is -2.41. The molecule has 18 heavy (non-hydrogen) atoms. The van der Waals surface area contributed by atoms with E-state index < -0.39 is 15.9 Å². The van der Waals surface area contributed by atoms with Gasteiger partial charge in [-0.2, -0.15) is 0 Å². The summed E-state index contributed by atoms with van der Waals surface area (Å²) >= 11 is 0. The van der Waals surface area contributed by atoms with Crippen molar-refractivity contribution in [3.05, 3.63) is 35.5 Å². The number of hydrogen-bond acceptors (Lipinski definition) is 4. The van der Waals surface area contributed by atoms with Crippen molar-refractivity contribution in [2.45, 2.75) is 20.4 Å². The second kappa shape index (κ2) is 4.62. The molecule has 0 bridgehead atoms. The molecule has 96 valence electrons. The first-order chi connectivity index (χ1) is 8.37. The molecule has 0 radical (unpaired) electrons. The molecule has 6 heteroatoms. The Hall–Kier alpha value is -1.53. The number of fused-ring (bicyclic) bond motifs is 1. The van der Waals surface area contributed by atoms with E-state index in [4.69, 9.17) is 0 Å². The first-order valence-corrected chi connectivity index (χ1v) is 7.15. The maximum absolute atomic E-state index is 10.6. The largest absolute Gasteiger partial charge is 0.748 e. The second-order valence-corrected chi connectivity index (χ2v) is 5.83. The standard InChI is InChI=1S/C12H14N2O3S/c1-9-4-3-5-11-10(2)8-14(13-12(9)11)6-7-18(15,16)17/h3-5,8H,6-7H2,1-2H3. The molecule has 0 N–H and O–H groups in total. The minimum atomic E-state index is -4.21. The van der Waals surface area contributed by atoms with Crippen molar-refractivity contribution in [2.24, 2.45) is 0 Å². The van der Waals surface area contributed by atoms with Crippen molar-refractivity contribution in [2.75, 3.05) is 5.75 Å². The predicted molar refractivity (Wildman–Crippen MR) is 66.0 cm³/mol. The fraction of sp³-hybridized carbons (Fsp3) is 0.333. The smallest absolute Gasteiger partial charge is 0.199 e. The van der Waals surface area contributed by atoms with E-state index >= 15 is 0 Å². The highest BCUT2D eigenvalue weighted by molar-refractivity contribution is 7.85. The molecule has 1 aromatic carbocycles. The van der Waals surface area contributed by atoms with Crippen LogP contribution < -0.4 is 4.68 Å². The van der Waals surface area contributed by atoms with Crippen LogP contribution in [0.15, 0.2) is 24.4 Å². The van der Waals surface area contributed by atoms with Gasteiger partial charge < -0.3 is 4.55 Å². The van der Waals surface area contributed by atoms with Crippen molar-refractivity contribution >= 4 is 21.0 Å². The van der Waals surface area contributed by atoms with E-state index in [0.29, 0.717) is 0 Å². The number of hydrogen-bond donors (Lipinski definition) is 0. The first-order valence-electron chi connectivity index (χ1n) is 5.57. The van der Waals surface area contributed by atoms with Gasteiger partial charge in [-0.25, -0.2) is 8.42 Å². The van der Waals surface area contributed by atoms with Crippen LogP contribution in [0.2, 0.25) is 0 Å². The van der Waals surface area contributed by atoms with Gasteiger partial charge in [-0.15, -0.1) is 0 Å². The third-order valence-electron chi connectivity index (χ3n) is 2.80. The minimum absolute atomic E-state index is 0.0803. The van der Waals surface area contributed by atoms with Crippen molar-refractivity contribution in [3.8, 4) is 0 Å². The van der Waals surface area contributed by atoms with E-state index in [1.54, 1.807) is 6.20 Å². The summed E-state index contributed by atoms with van der Waals surface area (Å²) in [5.41, 5.74) is 2.86. The van der Waals surface area contributed by atoms with Gasteiger partial charge in [0.25, 0.3) is 0 Å². The fourth-order valence-electron chi connectivity index (χ4n) is 1.88. The average Bonchev–Trinajstić information content (AvgIpc) is 2.27. The lowest BCUT2D eigenvalue weighted by atomic mass is 10.1. The number of rotatable bonds is 3. The number of aryl methyl sites for hydroxylation is 3. The lowest BCUT2D eigenvalue weighted by molar-refractivity contribution is -0.748. The van der Waals surface area contributed by atoms with Gasteiger partial charge in [-0.1, -0.05) is 22.9 Å². The Morgan fingerprint density at radius 3 is 2.67 bits per heavy atom. The SMILES string of the molecule is Cc1c[n+](CCS(=O)(=O)[O-])nc2c(C)cccc12. The molecule has 1 heterocycles. The molecule has 2 rings (SSSR count). The summed E-state index contributed by atoms with van der Waals surface area (Å²) in [6, 6.07) is 5.88. The summed E-state index contributed by atoms with van der Waals surface area (Å²) in [4.78, 5) is 0. The summed E-state index contributed by atoms with van der Waals surface area (Å²) in [6.45, 7) is 3.96. The Labute approximate surface area is 106 Å². The lowest BCUT2D eigenvalue weighted by Gasteiger charge is -2.05. The Kier molecular flexibility index (Phi) is 3.32. The molecule has 0 aliphatic rings. The van der Waals surface area contributed by atoms with E-state index in [-0.39, 0.29) is 6.54 Å². The molecule has 0 aliphatic carbocycles. The molecule has 0 amide bonds. The molecular formula is C12H14N2O3S. The number of aromatic nitrogens is 2. The molecule has 0 unspecified atom stereocenters. The van der Waals surface area contributed by atoms with Gasteiger partial charge >= 0.3 is 0 Å². The Morgan fingerprint density at radius 2 is 2.00 bits per heavy atom. The topological polar surface area (TPSA) is 74.0 Å². The van der Waals surface area contributed by atoms with Crippen LogP contribution >= 0.6 is 0 Å². The molecule has 0 fully saturated rings. The van der Waals surface area contributed by atoms with Crippen molar-refractivity contribution < 1.29 is 17.7 Å². The summed E-state index contributed by atoms with van der Waals surface area (Å²) in [5.74, 6) is -0.443. The minimum Gasteiger partial charge on any atom is -0.748 e. The molecule has 0 spiro atoms. The summed E-state index contributed by atoms with van der Waals surface area (Å²) in [7, 11) is -4.21. The molecule has 0 saturated heterocycles. The maximum Gasteiger partial charge on any atom is 0.199 e. The third-order valence-corrected chi connectivity index (χ3v) is 3.49. The fourth-order valence-corrected chi connectivity index (χ4v) is 2.29. The van der Waals surface area contributed by atoms with E-state index in [0.717, 1.165) is 22.0 Å². The molecule has 2 aromatic rings. The zero-order valence-corrected chi connectivity index (χ0v) is 11.1. The number of nitrogens with zero attached hydrogens (tertiary/aromatic N) is 2. The molecule has 0 atom stereocenters. The van der Waals surface area contributed by atoms with Gasteiger partial charge in [0.2, 0.25) is 0 Å². The van der Waals surface area contributed by atoms with E-state index in [2.05, 4.69) is 5.10 Å². The van der Waals surface area contributed by atoms with Crippen LogP contribution in [0.1, 0.15) is 11.1 Å². The second-order valence-electron chi connectivity index (χ2n) is 4.31. The third kappa shape index (κ3) is 2.83. The van der Waals surface area contributed by atoms with Gasteiger partial charge in [-0.3, -0.25) is 0 Å². The van der Waals surface area contributed by atoms with Crippen LogP contribution in [-0.2, 0) is 16.7 Å². The monoisotopic (exact) mass is 266 g/mol. The number of benzene rings is 1. The first kappa shape index (κ1) is 12.9. The van der Waals surface area contributed by atoms with Crippen LogP contribution in [0.4, 0.5) is 0 Å². The van der Waals surface area contributed by atoms with Crippen molar-refractivity contribution in [1.29, 1.82) is 0 Å². The van der Waals surface area contributed by atoms with Gasteiger partial charge in [0.05, 0.1) is 5.75 Å². The molecule has 1 aromatic heterocycles. The zero-order chi connectivity index (χ0) is 13.3. The van der Waals surface area contributed by atoms with Crippen LogP contribution in [0.25, 0.3) is 10.9 Å². The van der Waals surface area contributed by atoms with Gasteiger partial charge in [0, 0.05) is 16.0 Å². The highest BCUT2D eigenvalue weighted by atomic mass is 32.2. The summed E-state index contributed by atoms with van der Waals surface area (Å²) in [5, 5.41) is 5.39. The molecule has 0 saturated carbocycles. The van der Waals surface area contributed by atoms with Crippen LogP contribution in [0.5, 0.6) is 0 Å². The molecular weight excluding hydrogens is 252 g/mol. The zero-order valence-electron chi connectivity index (χ0n) is 10.3. The Morgan fingerprint density at radius 1 is 1.28 bits per heavy atom. The van der Waals surface area contributed by atoms with Gasteiger partial charge in [0.1, 0.15) is 15.6 Å². The van der Waals surface area contributed by atoms with Crippen LogP contribution in [-0.4, -0.2) is 23.8 Å². The van der Waals surface area contributed by atoms with E-state index in [1.807, 2.05) is 32.0 Å². The van der Waals surface area contributed by atoms with Crippen molar-refractivity contribution in [3.63, 3.8) is 0 Å². The summed E-state index contributed by atoms with van der Waals surface area (Å²) < 4.78 is 33.4. The Bertz CT molecular complexity index is 696. The van der Waals surface area contributed by atoms with Crippen LogP contribution in [0.3, 0.4) is 0 Å². The van der Waals surface area contributed by atoms with Gasteiger partial charge in [0.15, 0.2) is 12.7 Å². The van der Waals surface area contributed by atoms with E-state index in [9.17, 15) is 13.0 Å². The highest BCUT2D eigenvalue weighted by Gasteiger charge is 2.11. The quantitative estimate of drug-likeness (QED) is 0.605. The van der Waals surface area contributed by atoms with E-state index in [1.165, 1.54) is 4.68 Å². The van der Waals surface area contributed by atoms with Crippen LogP contribution in [0, 0.1) is 13.8 Å². The van der Waals surface area contributed by atoms with Gasteiger partial charge in [-0.05, 0) is 19.4 Å². The highest BCUT2D eigenvalue weighted by Crippen LogP contribution is 2.16. The molecule has 0 aliphatic heterocycles. The predicted octanol–water partition coefficient (Wildman–Crippen LogP) is 0.684. The summed E-state index contributed by atoms with van der Waals surface area (Å²) in [6.07, 6.45) is 1.76. The van der Waals surface area contributed by atoms with Crippen molar-refractivity contribution in [1.82, 2.24) is 5.10 Å². The maximum atomic E-state index is 10.6. The average molecular weight is 266 g/mol. The Balaban J connectivity index is 2.45.